The van der Waals surface area contributed by atoms with Crippen LogP contribution in [0.5, 0.6) is 0 Å². The van der Waals surface area contributed by atoms with Crippen molar-refractivity contribution in [3.05, 3.63) is 80.4 Å². The summed E-state index contributed by atoms with van der Waals surface area (Å²) in [7, 11) is 0. The van der Waals surface area contributed by atoms with Gasteiger partial charge in [-0.05, 0) is 37.3 Å². The van der Waals surface area contributed by atoms with Gasteiger partial charge in [-0.2, -0.15) is 18.3 Å². The predicted octanol–water partition coefficient (Wildman–Crippen LogP) is 5.45. The zero-order chi connectivity index (χ0) is 29.5. The molecule has 1 fully saturated rings. The maximum Gasteiger partial charge on any atom is 0.423 e. The molecule has 216 valence electrons. The van der Waals surface area contributed by atoms with Crippen LogP contribution in [0.2, 0.25) is 0 Å². The van der Waals surface area contributed by atoms with Crippen molar-refractivity contribution in [2.24, 2.45) is 5.92 Å². The number of nitrogens with one attached hydrogen (secondary N) is 2. The molecule has 2 atom stereocenters. The van der Waals surface area contributed by atoms with Crippen LogP contribution < -0.4 is 16.4 Å². The summed E-state index contributed by atoms with van der Waals surface area (Å²) in [5.41, 5.74) is -4.66. The van der Waals surface area contributed by atoms with Crippen molar-refractivity contribution in [2.75, 3.05) is 5.32 Å². The average Bonchev–Trinajstić information content (AvgIpc) is 2.91. The first kappa shape index (κ1) is 28.2. The van der Waals surface area contributed by atoms with Crippen LogP contribution in [0, 0.1) is 17.6 Å². The number of aromatic nitrogens is 5. The molecule has 41 heavy (non-hydrogen) atoms. The van der Waals surface area contributed by atoms with Crippen LogP contribution in [-0.4, -0.2) is 30.8 Å². The van der Waals surface area contributed by atoms with E-state index in [1.54, 1.807) is 5.10 Å². The Bertz CT molecular complexity index is 1700. The summed E-state index contributed by atoms with van der Waals surface area (Å²) in [6.45, 7) is 0.0190. The van der Waals surface area contributed by atoms with Crippen molar-refractivity contribution in [2.45, 2.75) is 50.9 Å². The second-order valence-corrected chi connectivity index (χ2v) is 9.81. The standard InChI is InChI=1S/C26H21F7N6O2/c27-18-6-16-15(5-17(18)23-34-7-13(8-35-23)22(29)30)19(28)11-39(25(16)41)10-12-2-1-3-14(4-12)37-20-9-36-38-24(40)21(20)26(31,32)33/h5-9,11-12,14,22H,1-4,10H2,(H2,37,38,40)/t12-,14+/m1/s1. The number of fused-ring (bicyclic) bond motifs is 1. The summed E-state index contributed by atoms with van der Waals surface area (Å²) < 4.78 is 97.0. The van der Waals surface area contributed by atoms with E-state index in [4.69, 9.17) is 0 Å². The smallest absolute Gasteiger partial charge is 0.380 e. The number of hydrogen-bond acceptors (Lipinski definition) is 6. The SMILES string of the molecule is O=c1[nH]ncc(N[C@H]2CCC[C@@H](Cn3cc(F)c4cc(-c5ncc(C(F)F)cn5)c(F)cc4c3=O)C2)c1C(F)(F)F. The van der Waals surface area contributed by atoms with E-state index in [2.05, 4.69) is 20.4 Å². The van der Waals surface area contributed by atoms with Crippen LogP contribution in [0.25, 0.3) is 22.2 Å². The number of H-pyrrole nitrogens is 1. The second kappa shape index (κ2) is 10.9. The number of pyridine rings is 1. The molecule has 0 bridgehead atoms. The van der Waals surface area contributed by atoms with Gasteiger partial charge in [0.2, 0.25) is 0 Å². The number of nitrogens with zero attached hydrogens (tertiary/aromatic N) is 4. The fraction of sp³-hybridized carbons (Fsp3) is 0.346. The molecule has 1 aliphatic carbocycles. The highest BCUT2D eigenvalue weighted by atomic mass is 19.4. The number of anilines is 1. The molecule has 15 heteroatoms. The Morgan fingerprint density at radius 1 is 1.02 bits per heavy atom. The molecule has 0 aliphatic heterocycles. The van der Waals surface area contributed by atoms with Crippen molar-refractivity contribution < 1.29 is 30.7 Å². The maximum atomic E-state index is 15.2. The lowest BCUT2D eigenvalue weighted by molar-refractivity contribution is -0.138. The van der Waals surface area contributed by atoms with Crippen molar-refractivity contribution in [3.8, 4) is 11.4 Å². The molecule has 0 spiro atoms. The largest absolute Gasteiger partial charge is 0.423 e. The number of benzene rings is 1. The highest BCUT2D eigenvalue weighted by Crippen LogP contribution is 2.34. The van der Waals surface area contributed by atoms with Crippen molar-refractivity contribution in [3.63, 3.8) is 0 Å². The van der Waals surface area contributed by atoms with Gasteiger partial charge < -0.3 is 9.88 Å². The molecule has 3 aromatic heterocycles. The van der Waals surface area contributed by atoms with Gasteiger partial charge in [-0.1, -0.05) is 6.42 Å². The first-order valence-electron chi connectivity index (χ1n) is 12.5. The Morgan fingerprint density at radius 3 is 2.44 bits per heavy atom. The average molecular weight is 582 g/mol. The highest BCUT2D eigenvalue weighted by Gasteiger charge is 2.38. The Balaban J connectivity index is 1.39. The van der Waals surface area contributed by atoms with Crippen LogP contribution in [0.3, 0.4) is 0 Å². The number of alkyl halides is 5. The van der Waals surface area contributed by atoms with Crippen LogP contribution >= 0.6 is 0 Å². The summed E-state index contributed by atoms with van der Waals surface area (Å²) in [4.78, 5) is 32.4. The molecule has 1 saturated carbocycles. The second-order valence-electron chi connectivity index (χ2n) is 9.81. The lowest BCUT2D eigenvalue weighted by Crippen LogP contribution is -2.34. The fourth-order valence-electron chi connectivity index (χ4n) is 5.14. The molecule has 3 heterocycles. The number of halogens is 7. The molecule has 2 N–H and O–H groups in total. The summed E-state index contributed by atoms with van der Waals surface area (Å²) in [6.07, 6.45) is -2.22. The quantitative estimate of drug-likeness (QED) is 0.293. The molecule has 5 rings (SSSR count). The van der Waals surface area contributed by atoms with Crippen LogP contribution in [0.4, 0.5) is 36.4 Å². The fourth-order valence-corrected chi connectivity index (χ4v) is 5.14. The highest BCUT2D eigenvalue weighted by molar-refractivity contribution is 5.86. The minimum atomic E-state index is -4.90. The Hall–Kier alpha value is -4.30. The van der Waals surface area contributed by atoms with E-state index in [1.807, 2.05) is 0 Å². The van der Waals surface area contributed by atoms with Crippen LogP contribution in [0.15, 0.2) is 46.5 Å². The molecule has 0 radical (unpaired) electrons. The predicted molar refractivity (Wildman–Crippen MR) is 133 cm³/mol. The molecule has 8 nitrogen and oxygen atoms in total. The normalized spacial score (nSPS) is 17.8. The summed E-state index contributed by atoms with van der Waals surface area (Å²) in [6, 6.07) is 1.40. The van der Waals surface area contributed by atoms with Crippen molar-refractivity contribution >= 4 is 16.5 Å². The monoisotopic (exact) mass is 582 g/mol. The van der Waals surface area contributed by atoms with Gasteiger partial charge in [0.1, 0.15) is 17.2 Å². The van der Waals surface area contributed by atoms with Gasteiger partial charge in [0.05, 0.1) is 28.4 Å². The van der Waals surface area contributed by atoms with Gasteiger partial charge in [0.15, 0.2) is 5.82 Å². The molecular formula is C26H21F7N6O2. The Labute approximate surface area is 226 Å². The van der Waals surface area contributed by atoms with E-state index in [-0.39, 0.29) is 34.6 Å². The minimum absolute atomic E-state index is 0.0190. The van der Waals surface area contributed by atoms with E-state index in [9.17, 15) is 35.9 Å². The van der Waals surface area contributed by atoms with Gasteiger partial charge in [-0.15, -0.1) is 0 Å². The van der Waals surface area contributed by atoms with E-state index < -0.39 is 58.2 Å². The molecule has 1 aliphatic rings. The van der Waals surface area contributed by atoms with Gasteiger partial charge in [0, 0.05) is 36.6 Å². The van der Waals surface area contributed by atoms with E-state index >= 15 is 4.39 Å². The van der Waals surface area contributed by atoms with Crippen molar-refractivity contribution in [1.29, 1.82) is 0 Å². The number of aromatic amines is 1. The Morgan fingerprint density at radius 2 is 1.76 bits per heavy atom. The minimum Gasteiger partial charge on any atom is -0.380 e. The molecule has 0 saturated heterocycles. The zero-order valence-electron chi connectivity index (χ0n) is 21.0. The van der Waals surface area contributed by atoms with E-state index in [0.29, 0.717) is 25.7 Å². The molecular weight excluding hydrogens is 561 g/mol. The topological polar surface area (TPSA) is 106 Å². The molecule has 0 amide bonds. The van der Waals surface area contributed by atoms with Gasteiger partial charge >= 0.3 is 6.18 Å². The number of rotatable bonds is 6. The number of hydrogen-bond donors (Lipinski definition) is 2. The molecule has 0 unspecified atom stereocenters. The van der Waals surface area contributed by atoms with E-state index in [0.717, 1.165) is 41.5 Å². The van der Waals surface area contributed by atoms with Crippen molar-refractivity contribution in [1.82, 2.24) is 24.7 Å². The third kappa shape index (κ3) is 5.79. The maximum absolute atomic E-state index is 15.2. The zero-order valence-corrected chi connectivity index (χ0v) is 21.0. The molecule has 4 aromatic rings. The first-order valence-corrected chi connectivity index (χ1v) is 12.5. The van der Waals surface area contributed by atoms with Gasteiger partial charge in [-0.3, -0.25) is 9.59 Å². The summed E-state index contributed by atoms with van der Waals surface area (Å²) >= 11 is 0. The van der Waals surface area contributed by atoms with Gasteiger partial charge in [-0.25, -0.2) is 32.6 Å². The third-order valence-corrected chi connectivity index (χ3v) is 7.03. The van der Waals surface area contributed by atoms with Crippen LogP contribution in [-0.2, 0) is 12.7 Å². The first-order chi connectivity index (χ1) is 19.4. The summed E-state index contributed by atoms with van der Waals surface area (Å²) in [5, 5.41) is 7.49. The third-order valence-electron chi connectivity index (χ3n) is 7.03. The lowest BCUT2D eigenvalue weighted by atomic mass is 9.85. The van der Waals surface area contributed by atoms with E-state index in [1.165, 1.54) is 0 Å². The summed E-state index contributed by atoms with van der Waals surface area (Å²) in [5.74, 6) is -2.31. The van der Waals surface area contributed by atoms with Crippen LogP contribution in [0.1, 0.15) is 43.2 Å². The van der Waals surface area contributed by atoms with Gasteiger partial charge in [0.25, 0.3) is 17.5 Å². The molecule has 1 aromatic carbocycles. The lowest BCUT2D eigenvalue weighted by Gasteiger charge is -2.31. The Kier molecular flexibility index (Phi) is 7.53.